The number of methoxy groups -OCH3 is 1. The first kappa shape index (κ1) is 19.5. The topological polar surface area (TPSA) is 60.5 Å². The van der Waals surface area contributed by atoms with Gasteiger partial charge in [0, 0.05) is 30.9 Å². The molecule has 1 heterocycles. The van der Waals surface area contributed by atoms with E-state index in [0.29, 0.717) is 25.3 Å². The van der Waals surface area contributed by atoms with E-state index in [1.807, 2.05) is 36.4 Å². The highest BCUT2D eigenvalue weighted by Gasteiger charge is 2.05. The van der Waals surface area contributed by atoms with Gasteiger partial charge in [0.1, 0.15) is 0 Å². The van der Waals surface area contributed by atoms with Crippen molar-refractivity contribution in [1.29, 1.82) is 0 Å². The largest absolute Gasteiger partial charge is 0.493 e. The number of hydrogen-bond acceptors (Lipinski definition) is 4. The summed E-state index contributed by atoms with van der Waals surface area (Å²) in [5, 5.41) is 2.85. The molecule has 0 aliphatic rings. The third-order valence-electron chi connectivity index (χ3n) is 3.78. The highest BCUT2D eigenvalue weighted by molar-refractivity contribution is 5.91. The molecule has 0 atom stereocenters. The Balaban J connectivity index is 1.85. The molecule has 1 amide bonds. The van der Waals surface area contributed by atoms with Gasteiger partial charge in [-0.3, -0.25) is 9.78 Å². The fraction of sp³-hybridized carbons (Fsp3) is 0.333. The minimum absolute atomic E-state index is 0.136. The molecule has 0 fully saturated rings. The van der Waals surface area contributed by atoms with Crippen molar-refractivity contribution >= 4 is 12.0 Å². The number of nitrogens with zero attached hydrogens (tertiary/aromatic N) is 1. The van der Waals surface area contributed by atoms with Gasteiger partial charge in [0.15, 0.2) is 11.5 Å². The first-order valence-corrected chi connectivity index (χ1v) is 8.89. The maximum atomic E-state index is 11.9. The number of hydrogen-bond donors (Lipinski definition) is 1. The van der Waals surface area contributed by atoms with E-state index in [1.165, 1.54) is 6.08 Å². The Bertz CT molecular complexity index is 714. The Hall–Kier alpha value is -2.82. The molecule has 5 nitrogen and oxygen atoms in total. The van der Waals surface area contributed by atoms with Crippen molar-refractivity contribution in [2.24, 2.45) is 0 Å². The fourth-order valence-electron chi connectivity index (χ4n) is 2.32. The second-order valence-corrected chi connectivity index (χ2v) is 5.81. The number of nitrogens with one attached hydrogen (secondary N) is 1. The van der Waals surface area contributed by atoms with Crippen molar-refractivity contribution < 1.29 is 14.3 Å². The fourth-order valence-corrected chi connectivity index (χ4v) is 2.32. The smallest absolute Gasteiger partial charge is 0.244 e. The molecular weight excluding hydrogens is 328 g/mol. The van der Waals surface area contributed by atoms with Gasteiger partial charge < -0.3 is 14.8 Å². The molecule has 0 aliphatic heterocycles. The summed E-state index contributed by atoms with van der Waals surface area (Å²) in [6.45, 7) is 3.34. The molecule has 0 unspecified atom stereocenters. The first-order chi connectivity index (χ1) is 12.7. The summed E-state index contributed by atoms with van der Waals surface area (Å²) in [5.41, 5.74) is 1.84. The number of carbonyl (C=O) groups is 1. The summed E-state index contributed by atoms with van der Waals surface area (Å²) in [5.74, 6) is 1.25. The molecular formula is C21H26N2O3. The molecule has 0 spiro atoms. The van der Waals surface area contributed by atoms with Crippen LogP contribution in [0, 0.1) is 0 Å². The lowest BCUT2D eigenvalue weighted by molar-refractivity contribution is -0.116. The number of aromatic nitrogens is 1. The Labute approximate surface area is 155 Å². The van der Waals surface area contributed by atoms with Gasteiger partial charge in [0.2, 0.25) is 5.91 Å². The molecule has 1 aromatic heterocycles. The zero-order valence-corrected chi connectivity index (χ0v) is 15.4. The predicted octanol–water partition coefficient (Wildman–Crippen LogP) is 3.64. The molecule has 1 N–H and O–H groups in total. The average molecular weight is 354 g/mol. The van der Waals surface area contributed by atoms with Crippen molar-refractivity contribution in [1.82, 2.24) is 10.3 Å². The van der Waals surface area contributed by atoms with Crippen molar-refractivity contribution in [3.63, 3.8) is 0 Å². The SMILES string of the molecule is CCCCOc1ccc(/C=C/C(=O)NCCc2ccccn2)cc1OC. The van der Waals surface area contributed by atoms with Crippen molar-refractivity contribution in [2.75, 3.05) is 20.3 Å². The molecule has 2 aromatic rings. The number of carbonyl (C=O) groups excluding carboxylic acids is 1. The van der Waals surface area contributed by atoms with Crippen molar-refractivity contribution in [3.05, 3.63) is 59.9 Å². The molecule has 0 saturated heterocycles. The van der Waals surface area contributed by atoms with Gasteiger partial charge >= 0.3 is 0 Å². The zero-order valence-electron chi connectivity index (χ0n) is 15.4. The van der Waals surface area contributed by atoms with Crippen LogP contribution in [0.1, 0.15) is 31.0 Å². The molecule has 26 heavy (non-hydrogen) atoms. The third-order valence-corrected chi connectivity index (χ3v) is 3.78. The maximum Gasteiger partial charge on any atom is 0.244 e. The third kappa shape index (κ3) is 6.59. The van der Waals surface area contributed by atoms with Crippen LogP contribution in [0.3, 0.4) is 0 Å². The lowest BCUT2D eigenvalue weighted by Crippen LogP contribution is -2.23. The number of ether oxygens (including phenoxy) is 2. The number of amides is 1. The quantitative estimate of drug-likeness (QED) is 0.523. The van der Waals surface area contributed by atoms with Gasteiger partial charge in [0.25, 0.3) is 0 Å². The van der Waals surface area contributed by atoms with Crippen molar-refractivity contribution in [2.45, 2.75) is 26.2 Å². The number of pyridine rings is 1. The predicted molar refractivity (Wildman–Crippen MR) is 103 cm³/mol. The highest BCUT2D eigenvalue weighted by Crippen LogP contribution is 2.28. The number of unbranched alkanes of at least 4 members (excludes halogenated alkanes) is 1. The van der Waals surface area contributed by atoms with E-state index >= 15 is 0 Å². The second kappa shape index (κ2) is 10.9. The average Bonchev–Trinajstić information content (AvgIpc) is 2.68. The van der Waals surface area contributed by atoms with Crippen LogP contribution in [-0.4, -0.2) is 31.2 Å². The molecule has 0 bridgehead atoms. The summed E-state index contributed by atoms with van der Waals surface area (Å²) in [6.07, 6.45) is 7.82. The molecule has 0 aliphatic carbocycles. The van der Waals surface area contributed by atoms with Crippen LogP contribution in [-0.2, 0) is 11.2 Å². The zero-order chi connectivity index (χ0) is 18.6. The Morgan fingerprint density at radius 2 is 2.12 bits per heavy atom. The van der Waals surface area contributed by atoms with E-state index in [2.05, 4.69) is 17.2 Å². The summed E-state index contributed by atoms with van der Waals surface area (Å²) < 4.78 is 11.1. The molecule has 5 heteroatoms. The van der Waals surface area contributed by atoms with Crippen LogP contribution in [0.2, 0.25) is 0 Å². The maximum absolute atomic E-state index is 11.9. The molecule has 1 aromatic carbocycles. The number of benzene rings is 1. The molecule has 0 saturated carbocycles. The molecule has 138 valence electrons. The number of rotatable bonds is 10. The van der Waals surface area contributed by atoms with E-state index in [-0.39, 0.29) is 5.91 Å². The minimum atomic E-state index is -0.136. The highest BCUT2D eigenvalue weighted by atomic mass is 16.5. The van der Waals surface area contributed by atoms with Crippen molar-refractivity contribution in [3.8, 4) is 11.5 Å². The lowest BCUT2D eigenvalue weighted by Gasteiger charge is -2.10. The van der Waals surface area contributed by atoms with E-state index < -0.39 is 0 Å². The van der Waals surface area contributed by atoms with Gasteiger partial charge in [0.05, 0.1) is 13.7 Å². The summed E-state index contributed by atoms with van der Waals surface area (Å²) in [6, 6.07) is 11.4. The Morgan fingerprint density at radius 1 is 1.23 bits per heavy atom. The summed E-state index contributed by atoms with van der Waals surface area (Å²) >= 11 is 0. The monoisotopic (exact) mass is 354 g/mol. The van der Waals surface area contributed by atoms with Gasteiger partial charge in [-0.05, 0) is 42.3 Å². The van der Waals surface area contributed by atoms with Crippen LogP contribution >= 0.6 is 0 Å². The minimum Gasteiger partial charge on any atom is -0.493 e. The van der Waals surface area contributed by atoms with E-state index in [9.17, 15) is 4.79 Å². The summed E-state index contributed by atoms with van der Waals surface area (Å²) in [4.78, 5) is 16.2. The van der Waals surface area contributed by atoms with Gasteiger partial charge in [-0.25, -0.2) is 0 Å². The van der Waals surface area contributed by atoms with Gasteiger partial charge in [-0.1, -0.05) is 25.5 Å². The van der Waals surface area contributed by atoms with Gasteiger partial charge in [-0.15, -0.1) is 0 Å². The van der Waals surface area contributed by atoms with Crippen LogP contribution in [0.15, 0.2) is 48.7 Å². The van der Waals surface area contributed by atoms with Crippen LogP contribution in [0.4, 0.5) is 0 Å². The van der Waals surface area contributed by atoms with E-state index in [0.717, 1.165) is 29.8 Å². The van der Waals surface area contributed by atoms with Crippen LogP contribution in [0.5, 0.6) is 11.5 Å². The Morgan fingerprint density at radius 3 is 2.85 bits per heavy atom. The first-order valence-electron chi connectivity index (χ1n) is 8.89. The standard InChI is InChI=1S/C21H26N2O3/c1-3-4-15-26-19-10-8-17(16-20(19)25-2)9-11-21(24)23-14-12-18-7-5-6-13-22-18/h5-11,13,16H,3-4,12,14-15H2,1-2H3,(H,23,24)/b11-9+. The van der Waals surface area contributed by atoms with E-state index in [1.54, 1.807) is 19.4 Å². The molecule has 2 rings (SSSR count). The van der Waals surface area contributed by atoms with E-state index in [4.69, 9.17) is 9.47 Å². The Kier molecular flexibility index (Phi) is 8.19. The molecule has 0 radical (unpaired) electrons. The van der Waals surface area contributed by atoms with Crippen LogP contribution < -0.4 is 14.8 Å². The summed E-state index contributed by atoms with van der Waals surface area (Å²) in [7, 11) is 1.61. The second-order valence-electron chi connectivity index (χ2n) is 5.81. The van der Waals surface area contributed by atoms with Crippen LogP contribution in [0.25, 0.3) is 6.08 Å². The normalized spacial score (nSPS) is 10.7. The lowest BCUT2D eigenvalue weighted by atomic mass is 10.2. The van der Waals surface area contributed by atoms with Gasteiger partial charge in [-0.2, -0.15) is 0 Å².